The van der Waals surface area contributed by atoms with Crippen LogP contribution in [0.1, 0.15) is 15.9 Å². The summed E-state index contributed by atoms with van der Waals surface area (Å²) in [5, 5.41) is 10.4. The van der Waals surface area contributed by atoms with Gasteiger partial charge in [-0.25, -0.2) is 16.8 Å². The van der Waals surface area contributed by atoms with Crippen LogP contribution in [-0.2, 0) is 14.8 Å². The number of carbonyl (C=O) groups is 2. The molecule has 35 heavy (non-hydrogen) atoms. The van der Waals surface area contributed by atoms with Crippen molar-refractivity contribution in [3.05, 3.63) is 102 Å². The van der Waals surface area contributed by atoms with Gasteiger partial charge in [-0.3, -0.25) is 9.59 Å². The van der Waals surface area contributed by atoms with Crippen LogP contribution in [0.4, 0.5) is 10.1 Å². The number of hydrogen-bond acceptors (Lipinski definition) is 5. The van der Waals surface area contributed by atoms with Gasteiger partial charge in [0.15, 0.2) is 11.7 Å². The molecule has 1 atom stereocenters. The summed E-state index contributed by atoms with van der Waals surface area (Å²) in [6.45, 7) is 0. The first-order chi connectivity index (χ1) is 16.7. The van der Waals surface area contributed by atoms with Crippen molar-refractivity contribution >= 4 is 44.4 Å². The Balaban J connectivity index is 1.73. The molecule has 9 heteroatoms. The van der Waals surface area contributed by atoms with Gasteiger partial charge in [0.2, 0.25) is 0 Å². The lowest BCUT2D eigenvalue weighted by atomic mass is 9.87. The summed E-state index contributed by atoms with van der Waals surface area (Å²) in [5.74, 6) is -3.85. The van der Waals surface area contributed by atoms with Gasteiger partial charge in [-0.05, 0) is 48.5 Å². The minimum Gasteiger partial charge on any atom is -0.480 e. The van der Waals surface area contributed by atoms with Crippen LogP contribution in [-0.4, -0.2) is 36.3 Å². The first-order valence-electron chi connectivity index (χ1n) is 10.6. The third-order valence-electron chi connectivity index (χ3n) is 6.11. The van der Waals surface area contributed by atoms with Gasteiger partial charge in [-0.2, -0.15) is 0 Å². The van der Waals surface area contributed by atoms with Crippen molar-refractivity contribution in [3.8, 4) is 0 Å². The van der Waals surface area contributed by atoms with Crippen LogP contribution in [0.5, 0.6) is 0 Å². The Hall–Kier alpha value is -4.24. The summed E-state index contributed by atoms with van der Waals surface area (Å²) in [5.41, 5.74) is 1.86. The van der Waals surface area contributed by atoms with Crippen molar-refractivity contribution in [2.75, 3.05) is 11.9 Å². The molecular weight excluding hydrogens is 471 g/mol. The quantitative estimate of drug-likeness (QED) is 0.426. The van der Waals surface area contributed by atoms with Crippen LogP contribution in [0, 0.1) is 11.7 Å². The number of benzene rings is 3. The Labute approximate surface area is 200 Å². The molecule has 1 aromatic heterocycles. The molecule has 0 saturated heterocycles. The zero-order chi connectivity index (χ0) is 24.9. The Morgan fingerprint density at radius 2 is 1.66 bits per heavy atom. The van der Waals surface area contributed by atoms with E-state index in [0.29, 0.717) is 27.7 Å². The summed E-state index contributed by atoms with van der Waals surface area (Å²) in [4.78, 5) is 26.7. The van der Waals surface area contributed by atoms with Crippen LogP contribution in [0.25, 0.3) is 17.0 Å². The molecule has 0 saturated carbocycles. The molecule has 1 aliphatic rings. The lowest BCUT2D eigenvalue weighted by Gasteiger charge is -2.33. The van der Waals surface area contributed by atoms with Crippen LogP contribution in [0.3, 0.4) is 0 Å². The van der Waals surface area contributed by atoms with E-state index in [4.69, 9.17) is 0 Å². The van der Waals surface area contributed by atoms with Gasteiger partial charge < -0.3 is 10.0 Å². The lowest BCUT2D eigenvalue weighted by Crippen LogP contribution is -2.38. The molecule has 3 aromatic carbocycles. The molecule has 176 valence electrons. The number of halogens is 1. The van der Waals surface area contributed by atoms with E-state index in [-0.39, 0.29) is 10.6 Å². The molecule has 1 aliphatic heterocycles. The maximum absolute atomic E-state index is 13.4. The van der Waals surface area contributed by atoms with Crippen LogP contribution in [0.2, 0.25) is 0 Å². The normalized spacial score (nSPS) is 17.1. The van der Waals surface area contributed by atoms with Gasteiger partial charge in [0.05, 0.1) is 16.1 Å². The minimum absolute atomic E-state index is 0.0961. The second-order valence-electron chi connectivity index (χ2n) is 8.14. The van der Waals surface area contributed by atoms with E-state index in [1.807, 2.05) is 0 Å². The Bertz CT molecular complexity index is 1640. The predicted molar refractivity (Wildman–Crippen MR) is 129 cm³/mol. The fourth-order valence-electron chi connectivity index (χ4n) is 4.38. The number of anilines is 1. The SMILES string of the molecule is CN1C(=Cc2cn(S(=O)(=O)c3ccc(F)cc3)c3ccccc23)C(C(=O)O)C(=O)c2ccccc21. The second kappa shape index (κ2) is 8.21. The number of rotatable bonds is 4. The summed E-state index contributed by atoms with van der Waals surface area (Å²) >= 11 is 0. The fourth-order valence-corrected chi connectivity index (χ4v) is 5.76. The van der Waals surface area contributed by atoms with Crippen LogP contribution in [0.15, 0.2) is 89.6 Å². The average molecular weight is 491 g/mol. The van der Waals surface area contributed by atoms with Crippen molar-refractivity contribution in [3.63, 3.8) is 0 Å². The lowest BCUT2D eigenvalue weighted by molar-refractivity contribution is -0.138. The molecule has 0 amide bonds. The molecule has 0 bridgehead atoms. The van der Waals surface area contributed by atoms with Crippen LogP contribution < -0.4 is 4.90 Å². The number of Topliss-reactive ketones (excluding diaryl/α,β-unsaturated/α-hetero) is 1. The third kappa shape index (κ3) is 3.60. The topological polar surface area (TPSA) is 96.7 Å². The summed E-state index contributed by atoms with van der Waals surface area (Å²) in [6, 6.07) is 18.0. The van der Waals surface area contributed by atoms with Crippen LogP contribution >= 0.6 is 0 Å². The highest BCUT2D eigenvalue weighted by molar-refractivity contribution is 7.90. The molecule has 0 radical (unpaired) electrons. The number of fused-ring (bicyclic) bond motifs is 2. The number of carboxylic acids is 1. The van der Waals surface area contributed by atoms with Crippen molar-refractivity contribution < 1.29 is 27.5 Å². The average Bonchev–Trinajstić information content (AvgIpc) is 3.22. The Morgan fingerprint density at radius 3 is 2.37 bits per heavy atom. The smallest absolute Gasteiger partial charge is 0.320 e. The minimum atomic E-state index is -4.08. The van der Waals surface area contributed by atoms with Crippen molar-refractivity contribution in [2.24, 2.45) is 5.92 Å². The summed E-state index contributed by atoms with van der Waals surface area (Å²) in [6.07, 6.45) is 2.92. The van der Waals surface area contributed by atoms with Gasteiger partial charge in [0.25, 0.3) is 10.0 Å². The predicted octanol–water partition coefficient (Wildman–Crippen LogP) is 4.39. The van der Waals surface area contributed by atoms with E-state index in [1.165, 1.54) is 24.4 Å². The number of carbonyl (C=O) groups excluding carboxylic acids is 1. The van der Waals surface area contributed by atoms with Crippen molar-refractivity contribution in [1.29, 1.82) is 0 Å². The van der Waals surface area contributed by atoms with Gasteiger partial charge in [-0.1, -0.05) is 30.3 Å². The number of aromatic nitrogens is 1. The number of ketones is 1. The van der Waals surface area contributed by atoms with E-state index in [1.54, 1.807) is 60.5 Å². The van der Waals surface area contributed by atoms with Crippen molar-refractivity contribution in [1.82, 2.24) is 3.97 Å². The fraction of sp³-hybridized carbons (Fsp3) is 0.0769. The standard InChI is InChI=1S/C26H19FN2O5S/c1-28-21-8-4-3-7-20(21)25(30)24(26(31)32)23(28)14-16-15-29(22-9-5-2-6-19(16)22)35(33,34)18-12-10-17(27)11-13-18/h2-15,24H,1H3,(H,31,32). The number of aliphatic carboxylic acids is 1. The van der Waals surface area contributed by atoms with Gasteiger partial charge in [0.1, 0.15) is 5.82 Å². The molecule has 2 heterocycles. The second-order valence-corrected chi connectivity index (χ2v) is 9.95. The number of carboxylic acid groups (broad SMARTS) is 1. The number of nitrogens with zero attached hydrogens (tertiary/aromatic N) is 2. The van der Waals surface area contributed by atoms with Gasteiger partial charge >= 0.3 is 5.97 Å². The first-order valence-corrected chi connectivity index (χ1v) is 12.1. The highest BCUT2D eigenvalue weighted by atomic mass is 32.2. The molecule has 0 spiro atoms. The van der Waals surface area contributed by atoms with E-state index >= 15 is 0 Å². The molecule has 4 aromatic rings. The zero-order valence-corrected chi connectivity index (χ0v) is 19.2. The zero-order valence-electron chi connectivity index (χ0n) is 18.4. The van der Waals surface area contributed by atoms with E-state index in [2.05, 4.69) is 0 Å². The third-order valence-corrected chi connectivity index (χ3v) is 7.79. The molecule has 1 unspecified atom stereocenters. The monoisotopic (exact) mass is 490 g/mol. The highest BCUT2D eigenvalue weighted by Gasteiger charge is 2.39. The summed E-state index contributed by atoms with van der Waals surface area (Å²) < 4.78 is 41.2. The molecule has 5 rings (SSSR count). The highest BCUT2D eigenvalue weighted by Crippen LogP contribution is 2.37. The van der Waals surface area contributed by atoms with E-state index in [0.717, 1.165) is 16.1 Å². The maximum atomic E-state index is 13.4. The largest absolute Gasteiger partial charge is 0.480 e. The molecule has 0 fully saturated rings. The van der Waals surface area contributed by atoms with Gasteiger partial charge in [-0.15, -0.1) is 0 Å². The van der Waals surface area contributed by atoms with E-state index < -0.39 is 33.5 Å². The Morgan fingerprint density at radius 1 is 1.00 bits per heavy atom. The molecule has 7 nitrogen and oxygen atoms in total. The molecular formula is C26H19FN2O5S. The van der Waals surface area contributed by atoms with Crippen molar-refractivity contribution in [2.45, 2.75) is 4.90 Å². The Kier molecular flexibility index (Phi) is 5.29. The maximum Gasteiger partial charge on any atom is 0.320 e. The summed E-state index contributed by atoms with van der Waals surface area (Å²) in [7, 11) is -2.41. The van der Waals surface area contributed by atoms with E-state index in [9.17, 15) is 27.5 Å². The first kappa shape index (κ1) is 22.5. The molecule has 0 aliphatic carbocycles. The number of hydrogen-bond donors (Lipinski definition) is 1. The van der Waals surface area contributed by atoms with Gasteiger partial charge in [0, 0.05) is 35.5 Å². The number of para-hydroxylation sites is 2. The molecule has 1 N–H and O–H groups in total.